The zero-order valence-electron chi connectivity index (χ0n) is 26.6. The van der Waals surface area contributed by atoms with Crippen LogP contribution in [0, 0.1) is 0 Å². The molecule has 0 fully saturated rings. The number of hydrogen-bond donors (Lipinski definition) is 0. The van der Waals surface area contributed by atoms with Crippen LogP contribution in [0.5, 0.6) is 0 Å². The SMILES string of the molecule is C[Si-]1(C)c2ccccc2N(c2ccc(-c3ccccc3)cc2)c2ccc3c4ccccc4n(-c4cccc(-c5ccccc5)c4)c3c21. The molecule has 9 rings (SSSR count). The third kappa shape index (κ3) is 4.31. The summed E-state index contributed by atoms with van der Waals surface area (Å²) in [5.74, 6) is 0. The summed E-state index contributed by atoms with van der Waals surface area (Å²) in [6.07, 6.45) is 0. The number of nitrogens with zero attached hydrogens (tertiary/aromatic N) is 2. The Bertz CT molecular complexity index is 2420. The number of para-hydroxylation sites is 2. The van der Waals surface area contributed by atoms with Crippen LogP contribution in [-0.2, 0) is 0 Å². The third-order valence-corrected chi connectivity index (χ3v) is 13.5. The minimum absolute atomic E-state index is 1.18. The minimum atomic E-state index is -2.20. The topological polar surface area (TPSA) is 8.17 Å². The van der Waals surface area contributed by atoms with E-state index in [9.17, 15) is 0 Å². The molecule has 1 aliphatic rings. The summed E-state index contributed by atoms with van der Waals surface area (Å²) in [4.78, 5) is 2.50. The van der Waals surface area contributed by atoms with Crippen LogP contribution in [0.15, 0.2) is 170 Å². The summed E-state index contributed by atoms with van der Waals surface area (Å²) < 4.78 is 2.54. The molecule has 0 N–H and O–H groups in total. The zero-order valence-corrected chi connectivity index (χ0v) is 27.6. The van der Waals surface area contributed by atoms with Gasteiger partial charge in [0.05, 0.1) is 5.52 Å². The second-order valence-corrected chi connectivity index (χ2v) is 17.3. The standard InChI is InChI=1S/C44H34N2Si/c1-47(2)42-23-12-11-22-40(42)45(35-26-24-33(25-27-35)31-14-5-3-6-15-31)41-29-28-38-37-20-9-10-21-39(37)46(43(38)44(41)47)36-19-13-18-34(30-36)32-16-7-4-8-17-32/h3-30H,1-2H3/q-1. The summed E-state index contributed by atoms with van der Waals surface area (Å²) in [7, 11) is -2.20. The lowest BCUT2D eigenvalue weighted by atomic mass is 10.0. The molecular weight excluding hydrogens is 585 g/mol. The Labute approximate surface area is 276 Å². The lowest BCUT2D eigenvalue weighted by Crippen LogP contribution is -2.59. The van der Waals surface area contributed by atoms with E-state index in [1.807, 2.05) is 0 Å². The minimum Gasteiger partial charge on any atom is -0.316 e. The van der Waals surface area contributed by atoms with Crippen molar-refractivity contribution in [2.24, 2.45) is 0 Å². The van der Waals surface area contributed by atoms with Gasteiger partial charge in [-0.1, -0.05) is 135 Å². The molecule has 1 aromatic heterocycles. The molecule has 8 aromatic rings. The van der Waals surface area contributed by atoms with Crippen molar-refractivity contribution in [3.63, 3.8) is 0 Å². The highest BCUT2D eigenvalue weighted by Crippen LogP contribution is 2.43. The molecule has 2 heterocycles. The van der Waals surface area contributed by atoms with Crippen molar-refractivity contribution in [2.75, 3.05) is 4.90 Å². The van der Waals surface area contributed by atoms with E-state index in [-0.39, 0.29) is 0 Å². The highest BCUT2D eigenvalue weighted by atomic mass is 28.3. The Hall–Kier alpha value is -5.64. The van der Waals surface area contributed by atoms with Crippen LogP contribution in [0.2, 0.25) is 13.1 Å². The molecule has 1 aliphatic heterocycles. The summed E-state index contributed by atoms with van der Waals surface area (Å²) in [5, 5.41) is 5.53. The maximum atomic E-state index is 2.54. The van der Waals surface area contributed by atoms with Crippen LogP contribution < -0.4 is 15.3 Å². The summed E-state index contributed by atoms with van der Waals surface area (Å²) in [6, 6.07) is 62.2. The van der Waals surface area contributed by atoms with Crippen LogP contribution in [-0.4, -0.2) is 12.6 Å². The molecule has 225 valence electrons. The van der Waals surface area contributed by atoms with Gasteiger partial charge in [-0.3, -0.25) is 0 Å². The van der Waals surface area contributed by atoms with Crippen LogP contribution in [0.4, 0.5) is 17.1 Å². The fourth-order valence-corrected chi connectivity index (χ4v) is 11.0. The van der Waals surface area contributed by atoms with E-state index >= 15 is 0 Å². The summed E-state index contributed by atoms with van der Waals surface area (Å²) in [5.41, 5.74) is 12.4. The van der Waals surface area contributed by atoms with Crippen molar-refractivity contribution in [3.05, 3.63) is 170 Å². The molecule has 0 unspecified atom stereocenters. The van der Waals surface area contributed by atoms with Crippen molar-refractivity contribution < 1.29 is 0 Å². The second kappa shape index (κ2) is 10.7. The van der Waals surface area contributed by atoms with Gasteiger partial charge in [0.1, 0.15) is 0 Å². The number of benzene rings is 7. The molecule has 0 radical (unpaired) electrons. The van der Waals surface area contributed by atoms with Crippen LogP contribution in [0.3, 0.4) is 0 Å². The van der Waals surface area contributed by atoms with Gasteiger partial charge in [-0.15, -0.1) is 5.19 Å². The van der Waals surface area contributed by atoms with Gasteiger partial charge in [0.25, 0.3) is 0 Å². The number of anilines is 3. The van der Waals surface area contributed by atoms with Crippen molar-refractivity contribution >= 4 is 57.3 Å². The second-order valence-electron chi connectivity index (χ2n) is 13.0. The predicted molar refractivity (Wildman–Crippen MR) is 203 cm³/mol. The average Bonchev–Trinajstić information content (AvgIpc) is 3.47. The first-order valence-electron chi connectivity index (χ1n) is 16.4. The van der Waals surface area contributed by atoms with Crippen molar-refractivity contribution in [1.29, 1.82) is 0 Å². The van der Waals surface area contributed by atoms with Gasteiger partial charge < -0.3 is 9.47 Å². The first-order valence-corrected chi connectivity index (χ1v) is 19.4. The molecule has 0 spiro atoms. The molecule has 7 aromatic carbocycles. The van der Waals surface area contributed by atoms with E-state index in [1.54, 1.807) is 0 Å². The van der Waals surface area contributed by atoms with E-state index < -0.39 is 8.07 Å². The van der Waals surface area contributed by atoms with Gasteiger partial charge in [0.15, 0.2) is 0 Å². The first-order chi connectivity index (χ1) is 23.1. The quantitative estimate of drug-likeness (QED) is 0.178. The largest absolute Gasteiger partial charge is 0.316 e. The molecule has 3 heteroatoms. The average molecular weight is 619 g/mol. The highest BCUT2D eigenvalue weighted by molar-refractivity contribution is 7.04. The van der Waals surface area contributed by atoms with Crippen molar-refractivity contribution in [2.45, 2.75) is 13.1 Å². The Balaban J connectivity index is 1.33. The van der Waals surface area contributed by atoms with Gasteiger partial charge in [-0.05, 0) is 64.7 Å². The van der Waals surface area contributed by atoms with Gasteiger partial charge in [-0.2, -0.15) is 18.3 Å². The first kappa shape index (κ1) is 27.6. The van der Waals surface area contributed by atoms with Crippen molar-refractivity contribution in [1.82, 2.24) is 4.57 Å². The molecule has 0 atom stereocenters. The zero-order chi connectivity index (χ0) is 31.5. The maximum absolute atomic E-state index is 2.54. The smallest absolute Gasteiger partial charge is 0.0539 e. The Morgan fingerprint density at radius 3 is 1.81 bits per heavy atom. The monoisotopic (exact) mass is 618 g/mol. The molecular formula is C44H34N2Si-. The van der Waals surface area contributed by atoms with Crippen LogP contribution in [0.25, 0.3) is 49.7 Å². The summed E-state index contributed by atoms with van der Waals surface area (Å²) in [6.45, 7) is 5.06. The lowest BCUT2D eigenvalue weighted by Gasteiger charge is -2.49. The third-order valence-electron chi connectivity index (χ3n) is 9.94. The predicted octanol–water partition coefficient (Wildman–Crippen LogP) is 10.7. The van der Waals surface area contributed by atoms with Gasteiger partial charge in [0.2, 0.25) is 0 Å². The Morgan fingerprint density at radius 1 is 0.426 bits per heavy atom. The highest BCUT2D eigenvalue weighted by Gasteiger charge is 2.32. The molecule has 0 amide bonds. The number of rotatable bonds is 4. The van der Waals surface area contributed by atoms with E-state index in [4.69, 9.17) is 0 Å². The maximum Gasteiger partial charge on any atom is 0.0539 e. The van der Waals surface area contributed by atoms with Crippen LogP contribution >= 0.6 is 0 Å². The van der Waals surface area contributed by atoms with Crippen LogP contribution in [0.1, 0.15) is 0 Å². The van der Waals surface area contributed by atoms with E-state index in [0.717, 1.165) is 0 Å². The summed E-state index contributed by atoms with van der Waals surface area (Å²) >= 11 is 0. The van der Waals surface area contributed by atoms with E-state index in [1.165, 1.54) is 77.2 Å². The number of fused-ring (bicyclic) bond motifs is 6. The fourth-order valence-electron chi connectivity index (χ4n) is 7.75. The Morgan fingerprint density at radius 2 is 1.04 bits per heavy atom. The van der Waals surface area contributed by atoms with Crippen molar-refractivity contribution in [3.8, 4) is 27.9 Å². The van der Waals surface area contributed by atoms with Gasteiger partial charge >= 0.3 is 0 Å². The van der Waals surface area contributed by atoms with Gasteiger partial charge in [-0.25, -0.2) is 0 Å². The Kier molecular flexibility index (Phi) is 6.31. The molecule has 0 aliphatic carbocycles. The molecule has 0 bridgehead atoms. The molecule has 0 saturated carbocycles. The molecule has 2 nitrogen and oxygen atoms in total. The fraction of sp³-hybridized carbons (Fsp3) is 0.0455. The number of aromatic nitrogens is 1. The van der Waals surface area contributed by atoms with E-state index in [0.29, 0.717) is 0 Å². The molecule has 47 heavy (non-hydrogen) atoms. The van der Waals surface area contributed by atoms with E-state index in [2.05, 4.69) is 192 Å². The molecule has 0 saturated heterocycles. The van der Waals surface area contributed by atoms with Gasteiger partial charge in [0, 0.05) is 39.0 Å². The lowest BCUT2D eigenvalue weighted by molar-refractivity contribution is 1.18. The normalized spacial score (nSPS) is 13.4. The number of hydrogen-bond acceptors (Lipinski definition) is 1.